The van der Waals surface area contributed by atoms with Gasteiger partial charge < -0.3 is 10.4 Å². The second-order valence-corrected chi connectivity index (χ2v) is 6.34. The van der Waals surface area contributed by atoms with Gasteiger partial charge in [-0.25, -0.2) is 0 Å². The van der Waals surface area contributed by atoms with E-state index < -0.39 is 16.4 Å². The molecular formula is C16H18N2O4S. The Bertz CT molecular complexity index is 711. The molecule has 1 aromatic heterocycles. The zero-order valence-corrected chi connectivity index (χ0v) is 13.7. The van der Waals surface area contributed by atoms with Crippen molar-refractivity contribution in [1.82, 2.24) is 5.32 Å². The van der Waals surface area contributed by atoms with Gasteiger partial charge in [-0.05, 0) is 30.9 Å². The molecule has 0 aliphatic carbocycles. The summed E-state index contributed by atoms with van der Waals surface area (Å²) in [5.41, 5.74) is -0.461. The van der Waals surface area contributed by atoms with Gasteiger partial charge in [0.05, 0.1) is 11.5 Å². The van der Waals surface area contributed by atoms with E-state index in [2.05, 4.69) is 5.32 Å². The number of hydrogen-bond donors (Lipinski definition) is 2. The van der Waals surface area contributed by atoms with E-state index in [1.165, 1.54) is 17.4 Å². The summed E-state index contributed by atoms with van der Waals surface area (Å²) >= 11 is 1.40. The van der Waals surface area contributed by atoms with Gasteiger partial charge in [0.1, 0.15) is 5.60 Å². The Labute approximate surface area is 137 Å². The molecule has 0 radical (unpaired) electrons. The van der Waals surface area contributed by atoms with Gasteiger partial charge in [0.15, 0.2) is 0 Å². The molecule has 1 heterocycles. The quantitative estimate of drug-likeness (QED) is 0.627. The number of carbonyl (C=O) groups is 1. The number of carbonyl (C=O) groups excluding carboxylic acids is 1. The summed E-state index contributed by atoms with van der Waals surface area (Å²) in [5.74, 6) is -0.451. The smallest absolute Gasteiger partial charge is 0.273 e. The molecule has 2 rings (SSSR count). The van der Waals surface area contributed by atoms with Crippen molar-refractivity contribution in [1.29, 1.82) is 0 Å². The number of nitrogens with one attached hydrogen (secondary N) is 1. The first kappa shape index (κ1) is 17.1. The highest BCUT2D eigenvalue weighted by Gasteiger charge is 2.25. The Hall–Kier alpha value is -2.25. The third kappa shape index (κ3) is 3.94. The molecule has 1 atom stereocenters. The number of aryl methyl sites for hydroxylation is 1. The van der Waals surface area contributed by atoms with Gasteiger partial charge in [-0.15, -0.1) is 11.3 Å². The maximum atomic E-state index is 12.2. The van der Waals surface area contributed by atoms with Crippen LogP contribution in [0.4, 0.5) is 5.69 Å². The van der Waals surface area contributed by atoms with Crippen LogP contribution in [0.3, 0.4) is 0 Å². The zero-order chi connectivity index (χ0) is 17.0. The van der Waals surface area contributed by atoms with E-state index in [4.69, 9.17) is 0 Å². The maximum Gasteiger partial charge on any atom is 0.273 e. The predicted octanol–water partition coefficient (Wildman–Crippen LogP) is 2.86. The fourth-order valence-corrected chi connectivity index (χ4v) is 2.99. The monoisotopic (exact) mass is 334 g/mol. The highest BCUT2D eigenvalue weighted by Crippen LogP contribution is 2.25. The third-order valence-electron chi connectivity index (χ3n) is 3.57. The number of nitro benzene ring substituents is 1. The van der Waals surface area contributed by atoms with Gasteiger partial charge in [0, 0.05) is 22.1 Å². The van der Waals surface area contributed by atoms with Crippen molar-refractivity contribution >= 4 is 22.9 Å². The standard InChI is InChI=1S/C16H18N2O4S/c1-3-11-6-7-12(9-13(11)18(21)22)15(19)17-10-16(2,20)14-5-4-8-23-14/h4-9,20H,3,10H2,1-2H3,(H,17,19). The van der Waals surface area contributed by atoms with Crippen molar-refractivity contribution < 1.29 is 14.8 Å². The van der Waals surface area contributed by atoms with Crippen LogP contribution < -0.4 is 5.32 Å². The van der Waals surface area contributed by atoms with Crippen molar-refractivity contribution in [2.45, 2.75) is 25.9 Å². The van der Waals surface area contributed by atoms with Crippen molar-refractivity contribution in [3.05, 3.63) is 61.8 Å². The molecule has 0 aliphatic heterocycles. The molecule has 1 aromatic carbocycles. The van der Waals surface area contributed by atoms with Crippen LogP contribution in [0.1, 0.15) is 34.6 Å². The Morgan fingerprint density at radius 2 is 2.17 bits per heavy atom. The Balaban J connectivity index is 2.12. The minimum absolute atomic E-state index is 0.0235. The van der Waals surface area contributed by atoms with Gasteiger partial charge in [0.25, 0.3) is 11.6 Å². The predicted molar refractivity (Wildman–Crippen MR) is 88.7 cm³/mol. The van der Waals surface area contributed by atoms with E-state index in [1.54, 1.807) is 25.1 Å². The fraction of sp³-hybridized carbons (Fsp3) is 0.312. The van der Waals surface area contributed by atoms with E-state index in [0.717, 1.165) is 4.88 Å². The Kier molecular flexibility index (Phi) is 5.12. The van der Waals surface area contributed by atoms with Crippen molar-refractivity contribution in [2.75, 3.05) is 6.54 Å². The van der Waals surface area contributed by atoms with Crippen LogP contribution in [0, 0.1) is 10.1 Å². The number of nitro groups is 1. The lowest BCUT2D eigenvalue weighted by atomic mass is 10.0. The van der Waals surface area contributed by atoms with Crippen molar-refractivity contribution in [3.63, 3.8) is 0 Å². The lowest BCUT2D eigenvalue weighted by molar-refractivity contribution is -0.385. The SMILES string of the molecule is CCc1ccc(C(=O)NCC(C)(O)c2cccs2)cc1[N+](=O)[O-]. The van der Waals surface area contributed by atoms with Crippen LogP contribution in [0.2, 0.25) is 0 Å². The summed E-state index contributed by atoms with van der Waals surface area (Å²) in [6.07, 6.45) is 0.519. The van der Waals surface area contributed by atoms with Crippen LogP contribution in [0.25, 0.3) is 0 Å². The summed E-state index contributed by atoms with van der Waals surface area (Å²) in [4.78, 5) is 23.5. The minimum atomic E-state index is -1.18. The molecule has 0 fully saturated rings. The molecule has 7 heteroatoms. The molecule has 0 saturated heterocycles. The molecular weight excluding hydrogens is 316 g/mol. The van der Waals surface area contributed by atoms with Crippen molar-refractivity contribution in [3.8, 4) is 0 Å². The number of nitrogens with zero attached hydrogens (tertiary/aromatic N) is 1. The number of thiophene rings is 1. The first-order valence-corrected chi connectivity index (χ1v) is 8.05. The highest BCUT2D eigenvalue weighted by atomic mass is 32.1. The lowest BCUT2D eigenvalue weighted by Gasteiger charge is -2.22. The molecule has 2 aromatic rings. The third-order valence-corrected chi connectivity index (χ3v) is 4.69. The van der Waals surface area contributed by atoms with Gasteiger partial charge in [0.2, 0.25) is 0 Å². The molecule has 6 nitrogen and oxygen atoms in total. The summed E-state index contributed by atoms with van der Waals surface area (Å²) < 4.78 is 0. The number of amides is 1. The highest BCUT2D eigenvalue weighted by molar-refractivity contribution is 7.10. The second kappa shape index (κ2) is 6.89. The molecule has 1 amide bonds. The molecule has 23 heavy (non-hydrogen) atoms. The first-order valence-electron chi connectivity index (χ1n) is 7.17. The number of hydrogen-bond acceptors (Lipinski definition) is 5. The molecule has 0 spiro atoms. The average molecular weight is 334 g/mol. The lowest BCUT2D eigenvalue weighted by Crippen LogP contribution is -2.38. The molecule has 1 unspecified atom stereocenters. The zero-order valence-electron chi connectivity index (χ0n) is 12.9. The van der Waals surface area contributed by atoms with Crippen LogP contribution >= 0.6 is 11.3 Å². The van der Waals surface area contributed by atoms with Crippen LogP contribution in [-0.4, -0.2) is 22.5 Å². The van der Waals surface area contributed by atoms with E-state index >= 15 is 0 Å². The molecule has 0 bridgehead atoms. The Morgan fingerprint density at radius 3 is 2.74 bits per heavy atom. The van der Waals surface area contributed by atoms with Crippen LogP contribution in [0.5, 0.6) is 0 Å². The molecule has 2 N–H and O–H groups in total. The molecule has 122 valence electrons. The molecule has 0 aliphatic rings. The first-order chi connectivity index (χ1) is 10.8. The van der Waals surface area contributed by atoms with Gasteiger partial charge in [-0.2, -0.15) is 0 Å². The maximum absolute atomic E-state index is 12.2. The van der Waals surface area contributed by atoms with Gasteiger partial charge in [-0.1, -0.05) is 19.1 Å². The Morgan fingerprint density at radius 1 is 1.43 bits per heavy atom. The topological polar surface area (TPSA) is 92.5 Å². The van der Waals surface area contributed by atoms with Gasteiger partial charge >= 0.3 is 0 Å². The second-order valence-electron chi connectivity index (χ2n) is 5.39. The van der Waals surface area contributed by atoms with E-state index in [1.807, 2.05) is 18.4 Å². The summed E-state index contributed by atoms with van der Waals surface area (Å²) in [7, 11) is 0. The fourth-order valence-electron chi connectivity index (χ4n) is 2.20. The summed E-state index contributed by atoms with van der Waals surface area (Å²) in [5, 5.41) is 25.9. The van der Waals surface area contributed by atoms with Gasteiger partial charge in [-0.3, -0.25) is 14.9 Å². The van der Waals surface area contributed by atoms with Crippen molar-refractivity contribution in [2.24, 2.45) is 0 Å². The number of benzene rings is 1. The van der Waals surface area contributed by atoms with E-state index in [9.17, 15) is 20.0 Å². The van der Waals surface area contributed by atoms with E-state index in [0.29, 0.717) is 12.0 Å². The summed E-state index contributed by atoms with van der Waals surface area (Å²) in [6.45, 7) is 3.46. The number of rotatable bonds is 6. The number of aliphatic hydroxyl groups is 1. The minimum Gasteiger partial charge on any atom is -0.383 e. The summed E-state index contributed by atoms with van der Waals surface area (Å²) in [6, 6.07) is 8.03. The average Bonchev–Trinajstić information content (AvgIpc) is 3.07. The molecule has 0 saturated carbocycles. The normalized spacial score (nSPS) is 13.3. The van der Waals surface area contributed by atoms with Crippen LogP contribution in [-0.2, 0) is 12.0 Å². The largest absolute Gasteiger partial charge is 0.383 e. The van der Waals surface area contributed by atoms with Crippen LogP contribution in [0.15, 0.2) is 35.7 Å². The van der Waals surface area contributed by atoms with E-state index in [-0.39, 0.29) is 17.8 Å².